The molecule has 2 fully saturated rings. The maximum atomic E-state index is 12.6. The van der Waals surface area contributed by atoms with Gasteiger partial charge in [-0.3, -0.25) is 14.3 Å². The summed E-state index contributed by atoms with van der Waals surface area (Å²) in [6.07, 6.45) is 6.05. The monoisotopic (exact) mass is 356 g/mol. The Morgan fingerprint density at radius 1 is 1.23 bits per heavy atom. The molecule has 0 saturated carbocycles. The lowest BCUT2D eigenvalue weighted by Gasteiger charge is -2.38. The van der Waals surface area contributed by atoms with Crippen LogP contribution >= 0.6 is 0 Å². The number of likely N-dealkylation sites (tertiary alicyclic amines) is 1. The zero-order valence-electron chi connectivity index (χ0n) is 14.4. The van der Waals surface area contributed by atoms with Crippen molar-refractivity contribution in [1.29, 1.82) is 0 Å². The van der Waals surface area contributed by atoms with Crippen LogP contribution in [0.1, 0.15) is 35.8 Å². The first-order valence-corrected chi connectivity index (χ1v) is 9.03. The molecule has 0 aliphatic carbocycles. The van der Waals surface area contributed by atoms with Crippen molar-refractivity contribution in [2.24, 2.45) is 0 Å². The summed E-state index contributed by atoms with van der Waals surface area (Å²) in [5.74, 6) is 0.749. The van der Waals surface area contributed by atoms with Gasteiger partial charge < -0.3 is 14.5 Å². The van der Waals surface area contributed by atoms with E-state index >= 15 is 0 Å². The highest BCUT2D eigenvalue weighted by atomic mass is 16.5. The summed E-state index contributed by atoms with van der Waals surface area (Å²) in [6.45, 7) is 3.41. The van der Waals surface area contributed by atoms with Gasteiger partial charge in [0.05, 0.1) is 24.5 Å². The van der Waals surface area contributed by atoms with Gasteiger partial charge in [-0.15, -0.1) is 0 Å². The molecule has 0 spiro atoms. The quantitative estimate of drug-likeness (QED) is 0.808. The van der Waals surface area contributed by atoms with Gasteiger partial charge in [-0.1, -0.05) is 0 Å². The van der Waals surface area contributed by atoms with Gasteiger partial charge in [-0.05, 0) is 6.42 Å². The molecule has 3 aliphatic heterocycles. The highest BCUT2D eigenvalue weighted by Crippen LogP contribution is 2.27. The van der Waals surface area contributed by atoms with Crippen LogP contribution in [0, 0.1) is 0 Å². The fraction of sp³-hybridized carbons (Fsp3) is 0.529. The number of hydrogen-bond donors (Lipinski definition) is 0. The lowest BCUT2D eigenvalue weighted by atomic mass is 10.1. The van der Waals surface area contributed by atoms with Gasteiger partial charge >= 0.3 is 0 Å². The number of carbonyl (C=O) groups excluding carboxylic acids is 2. The van der Waals surface area contributed by atoms with E-state index in [4.69, 9.17) is 4.74 Å². The molecule has 5 rings (SSSR count). The van der Waals surface area contributed by atoms with Gasteiger partial charge in [0.1, 0.15) is 0 Å². The number of anilines is 1. The maximum Gasteiger partial charge on any atom is 0.274 e. The third kappa shape index (κ3) is 2.46. The Morgan fingerprint density at radius 3 is 2.88 bits per heavy atom. The molecule has 0 radical (unpaired) electrons. The van der Waals surface area contributed by atoms with Gasteiger partial charge in [0.15, 0.2) is 5.69 Å². The predicted molar refractivity (Wildman–Crippen MR) is 91.1 cm³/mol. The molecule has 0 N–H and O–H groups in total. The van der Waals surface area contributed by atoms with E-state index in [1.165, 1.54) is 0 Å². The summed E-state index contributed by atoms with van der Waals surface area (Å²) >= 11 is 0. The zero-order valence-corrected chi connectivity index (χ0v) is 14.4. The molecule has 5 heterocycles. The van der Waals surface area contributed by atoms with Gasteiger partial charge in [-0.25, -0.2) is 4.68 Å². The van der Waals surface area contributed by atoms with Gasteiger partial charge in [0.2, 0.25) is 11.8 Å². The molecular formula is C17H20N6O3. The summed E-state index contributed by atoms with van der Waals surface area (Å²) in [7, 11) is 0. The number of hydrogen-bond acceptors (Lipinski definition) is 5. The lowest BCUT2D eigenvalue weighted by Crippen LogP contribution is -2.51. The van der Waals surface area contributed by atoms with Crippen LogP contribution < -0.4 is 9.64 Å². The Labute approximate surface area is 150 Å². The molecule has 3 aliphatic rings. The van der Waals surface area contributed by atoms with Crippen molar-refractivity contribution in [2.45, 2.75) is 31.8 Å². The number of rotatable bonds is 3. The van der Waals surface area contributed by atoms with Crippen LogP contribution in [0.3, 0.4) is 0 Å². The minimum absolute atomic E-state index is 0.0751. The Bertz CT molecular complexity index is 842. The van der Waals surface area contributed by atoms with E-state index in [-0.39, 0.29) is 17.9 Å². The number of carbonyl (C=O) groups is 2. The number of aromatic nitrogens is 4. The third-order valence-electron chi connectivity index (χ3n) is 5.22. The molecule has 9 heteroatoms. The molecule has 0 bridgehead atoms. The van der Waals surface area contributed by atoms with Crippen molar-refractivity contribution in [3.05, 3.63) is 24.2 Å². The number of nitrogens with zero attached hydrogens (tertiary/aromatic N) is 6. The van der Waals surface area contributed by atoms with Crippen LogP contribution in [-0.4, -0.2) is 62.5 Å². The molecule has 0 atom stereocenters. The van der Waals surface area contributed by atoms with Crippen LogP contribution in [0.5, 0.6) is 5.88 Å². The lowest BCUT2D eigenvalue weighted by molar-refractivity contribution is -0.117. The standard InChI is InChI=1S/C17H20N6O3/c24-15-3-1-4-21(15)12-8-18-23(11-12)13-9-20(10-13)17(25)14-7-16-22(19-14)5-2-6-26-16/h7-8,11,13H,1-6,9-10H2. The normalized spacial score (nSPS) is 20.1. The third-order valence-corrected chi connectivity index (χ3v) is 5.22. The van der Waals surface area contributed by atoms with Crippen LogP contribution in [0.4, 0.5) is 5.69 Å². The smallest absolute Gasteiger partial charge is 0.274 e. The predicted octanol–water partition coefficient (Wildman–Crippen LogP) is 0.686. The number of amides is 2. The molecule has 26 heavy (non-hydrogen) atoms. The van der Waals surface area contributed by atoms with Crippen LogP contribution in [0.2, 0.25) is 0 Å². The number of ether oxygens (including phenoxy) is 1. The van der Waals surface area contributed by atoms with E-state index < -0.39 is 0 Å². The highest BCUT2D eigenvalue weighted by Gasteiger charge is 2.35. The Hall–Kier alpha value is -2.84. The second kappa shape index (κ2) is 5.86. The molecule has 2 amide bonds. The van der Waals surface area contributed by atoms with E-state index in [1.807, 2.05) is 10.9 Å². The minimum Gasteiger partial charge on any atom is -0.478 e. The van der Waals surface area contributed by atoms with E-state index in [1.54, 1.807) is 26.7 Å². The van der Waals surface area contributed by atoms with Crippen molar-refractivity contribution < 1.29 is 14.3 Å². The van der Waals surface area contributed by atoms with Crippen molar-refractivity contribution in [3.8, 4) is 5.88 Å². The molecule has 9 nitrogen and oxygen atoms in total. The summed E-state index contributed by atoms with van der Waals surface area (Å²) in [5.41, 5.74) is 1.28. The van der Waals surface area contributed by atoms with Gasteiger partial charge in [0, 0.05) is 51.3 Å². The number of fused-ring (bicyclic) bond motifs is 1. The van der Waals surface area contributed by atoms with Crippen molar-refractivity contribution in [3.63, 3.8) is 0 Å². The molecule has 0 aromatic carbocycles. The first kappa shape index (κ1) is 15.4. The fourth-order valence-electron chi connectivity index (χ4n) is 3.71. The van der Waals surface area contributed by atoms with Gasteiger partial charge in [0.25, 0.3) is 5.91 Å². The van der Waals surface area contributed by atoms with Crippen LogP contribution in [0.15, 0.2) is 18.5 Å². The fourth-order valence-corrected chi connectivity index (χ4v) is 3.71. The highest BCUT2D eigenvalue weighted by molar-refractivity contribution is 5.95. The zero-order chi connectivity index (χ0) is 17.7. The summed E-state index contributed by atoms with van der Waals surface area (Å²) in [4.78, 5) is 28.0. The average molecular weight is 356 g/mol. The van der Waals surface area contributed by atoms with E-state index in [2.05, 4.69) is 10.2 Å². The second-order valence-electron chi connectivity index (χ2n) is 6.98. The summed E-state index contributed by atoms with van der Waals surface area (Å²) in [5, 5.41) is 8.73. The minimum atomic E-state index is -0.0751. The second-order valence-corrected chi connectivity index (χ2v) is 6.98. The van der Waals surface area contributed by atoms with E-state index in [0.29, 0.717) is 37.7 Å². The molecular weight excluding hydrogens is 336 g/mol. The van der Waals surface area contributed by atoms with Crippen molar-refractivity contribution in [2.75, 3.05) is 31.1 Å². The Morgan fingerprint density at radius 2 is 2.12 bits per heavy atom. The average Bonchev–Trinajstić information content (AvgIpc) is 3.31. The van der Waals surface area contributed by atoms with Crippen molar-refractivity contribution in [1.82, 2.24) is 24.5 Å². The molecule has 2 aromatic rings. The van der Waals surface area contributed by atoms with E-state index in [0.717, 1.165) is 31.6 Å². The Balaban J connectivity index is 1.23. The van der Waals surface area contributed by atoms with Gasteiger partial charge in [-0.2, -0.15) is 10.2 Å². The van der Waals surface area contributed by atoms with Crippen LogP contribution in [-0.2, 0) is 11.3 Å². The van der Waals surface area contributed by atoms with Crippen molar-refractivity contribution >= 4 is 17.5 Å². The maximum absolute atomic E-state index is 12.6. The first-order valence-electron chi connectivity index (χ1n) is 9.03. The molecule has 2 aromatic heterocycles. The molecule has 2 saturated heterocycles. The topological polar surface area (TPSA) is 85.5 Å². The van der Waals surface area contributed by atoms with Crippen LogP contribution in [0.25, 0.3) is 0 Å². The van der Waals surface area contributed by atoms with E-state index in [9.17, 15) is 9.59 Å². The Kier molecular flexibility index (Phi) is 3.47. The SMILES string of the molecule is O=C(c1cc2n(n1)CCCO2)N1CC(n2cc(N3CCCC3=O)cn2)C1. The molecule has 136 valence electrons. The summed E-state index contributed by atoms with van der Waals surface area (Å²) in [6, 6.07) is 1.86. The largest absolute Gasteiger partial charge is 0.478 e. The molecule has 0 unspecified atom stereocenters. The number of aryl methyl sites for hydroxylation is 1. The summed E-state index contributed by atoms with van der Waals surface area (Å²) < 4.78 is 9.12. The first-order chi connectivity index (χ1) is 12.7.